The maximum absolute atomic E-state index is 13.4. The van der Waals surface area contributed by atoms with E-state index in [-0.39, 0.29) is 18.5 Å². The van der Waals surface area contributed by atoms with E-state index in [0.717, 1.165) is 16.8 Å². The number of nitrogens with zero attached hydrogens (tertiary/aromatic N) is 3. The van der Waals surface area contributed by atoms with Crippen LogP contribution in [0, 0.1) is 6.92 Å². The number of primary amides is 1. The molecule has 156 valence electrons. The fourth-order valence-corrected chi connectivity index (χ4v) is 3.16. The van der Waals surface area contributed by atoms with Crippen LogP contribution in [0.5, 0.6) is 5.75 Å². The first-order valence-corrected chi connectivity index (χ1v) is 9.70. The molecule has 0 saturated carbocycles. The van der Waals surface area contributed by atoms with E-state index >= 15 is 0 Å². The summed E-state index contributed by atoms with van der Waals surface area (Å²) in [4.78, 5) is 26.4. The largest absolute Gasteiger partial charge is 0.497 e. The van der Waals surface area contributed by atoms with Crippen LogP contribution in [0.3, 0.4) is 0 Å². The van der Waals surface area contributed by atoms with Gasteiger partial charge in [0.15, 0.2) is 0 Å². The smallest absolute Gasteiger partial charge is 0.258 e. The highest BCUT2D eigenvalue weighted by molar-refractivity contribution is 6.01. The zero-order valence-electron chi connectivity index (χ0n) is 17.6. The van der Waals surface area contributed by atoms with Gasteiger partial charge in [-0.05, 0) is 45.0 Å². The number of methoxy groups -OCH3 is 1. The molecular weight excluding hydrogens is 380 g/mol. The number of carbonyl (C=O) groups excluding carboxylic acids is 2. The molecule has 2 N–H and O–H groups in total. The molecule has 0 bridgehead atoms. The third-order valence-electron chi connectivity index (χ3n) is 4.80. The number of rotatable bonds is 7. The highest BCUT2D eigenvalue weighted by Gasteiger charge is 2.26. The summed E-state index contributed by atoms with van der Waals surface area (Å²) in [7, 11) is 1.59. The number of aromatic nitrogens is 2. The quantitative estimate of drug-likeness (QED) is 0.652. The Morgan fingerprint density at radius 1 is 1.17 bits per heavy atom. The van der Waals surface area contributed by atoms with E-state index in [1.165, 1.54) is 4.90 Å². The first-order chi connectivity index (χ1) is 14.3. The van der Waals surface area contributed by atoms with Crippen LogP contribution in [0.4, 0.5) is 0 Å². The molecule has 2 amide bonds. The molecule has 0 saturated heterocycles. The molecule has 0 spiro atoms. The predicted molar refractivity (Wildman–Crippen MR) is 116 cm³/mol. The van der Waals surface area contributed by atoms with Gasteiger partial charge in [-0.25, -0.2) is 4.68 Å². The molecule has 1 heterocycles. The third-order valence-corrected chi connectivity index (χ3v) is 4.80. The van der Waals surface area contributed by atoms with Crippen LogP contribution < -0.4 is 10.5 Å². The van der Waals surface area contributed by atoms with Gasteiger partial charge < -0.3 is 15.4 Å². The van der Waals surface area contributed by atoms with E-state index in [2.05, 4.69) is 0 Å². The number of benzene rings is 2. The third kappa shape index (κ3) is 4.51. The molecule has 0 unspecified atom stereocenters. The molecular formula is C23H26N4O3. The average molecular weight is 406 g/mol. The Kier molecular flexibility index (Phi) is 6.20. The van der Waals surface area contributed by atoms with Crippen molar-refractivity contribution in [3.8, 4) is 22.7 Å². The van der Waals surface area contributed by atoms with Crippen molar-refractivity contribution in [2.24, 2.45) is 5.73 Å². The minimum absolute atomic E-state index is 0.163. The average Bonchev–Trinajstić information content (AvgIpc) is 3.17. The van der Waals surface area contributed by atoms with Gasteiger partial charge in [-0.15, -0.1) is 0 Å². The topological polar surface area (TPSA) is 90.5 Å². The Bertz CT molecular complexity index is 1050. The molecule has 0 radical (unpaired) electrons. The van der Waals surface area contributed by atoms with Gasteiger partial charge >= 0.3 is 0 Å². The molecule has 7 nitrogen and oxygen atoms in total. The molecule has 0 aliphatic heterocycles. The summed E-state index contributed by atoms with van der Waals surface area (Å²) in [6.45, 7) is 5.53. The second kappa shape index (κ2) is 8.82. The maximum atomic E-state index is 13.4. The molecule has 0 aliphatic rings. The molecule has 7 heteroatoms. The second-order valence-electron chi connectivity index (χ2n) is 7.40. The van der Waals surface area contributed by atoms with Crippen molar-refractivity contribution < 1.29 is 14.3 Å². The lowest BCUT2D eigenvalue weighted by Crippen LogP contribution is -2.42. The summed E-state index contributed by atoms with van der Waals surface area (Å²) in [5.41, 5.74) is 8.97. The summed E-state index contributed by atoms with van der Waals surface area (Å²) in [6.07, 6.45) is 1.69. The number of hydrogen-bond acceptors (Lipinski definition) is 4. The van der Waals surface area contributed by atoms with Crippen LogP contribution >= 0.6 is 0 Å². The number of hydrogen-bond donors (Lipinski definition) is 1. The molecule has 0 atom stereocenters. The van der Waals surface area contributed by atoms with Gasteiger partial charge in [0.2, 0.25) is 5.91 Å². The second-order valence-corrected chi connectivity index (χ2v) is 7.40. The monoisotopic (exact) mass is 406 g/mol. The summed E-state index contributed by atoms with van der Waals surface area (Å²) in [6, 6.07) is 15.0. The van der Waals surface area contributed by atoms with Gasteiger partial charge in [0.25, 0.3) is 5.91 Å². The van der Waals surface area contributed by atoms with Crippen molar-refractivity contribution in [3.05, 3.63) is 65.9 Å². The fourth-order valence-electron chi connectivity index (χ4n) is 3.16. The van der Waals surface area contributed by atoms with E-state index in [9.17, 15) is 9.59 Å². The predicted octanol–water partition coefficient (Wildman–Crippen LogP) is 3.19. The van der Waals surface area contributed by atoms with E-state index in [0.29, 0.717) is 17.0 Å². The summed E-state index contributed by atoms with van der Waals surface area (Å²) >= 11 is 0. The van der Waals surface area contributed by atoms with Crippen LogP contribution in [0.1, 0.15) is 29.8 Å². The zero-order valence-corrected chi connectivity index (χ0v) is 17.6. The highest BCUT2D eigenvalue weighted by atomic mass is 16.5. The van der Waals surface area contributed by atoms with Crippen LogP contribution in [0.25, 0.3) is 16.9 Å². The van der Waals surface area contributed by atoms with Crippen LogP contribution in [0.15, 0.2) is 54.7 Å². The van der Waals surface area contributed by atoms with E-state index in [1.54, 1.807) is 18.0 Å². The van der Waals surface area contributed by atoms with Gasteiger partial charge in [-0.1, -0.05) is 29.8 Å². The van der Waals surface area contributed by atoms with Gasteiger partial charge in [-0.2, -0.15) is 5.10 Å². The van der Waals surface area contributed by atoms with Crippen LogP contribution in [-0.4, -0.2) is 46.2 Å². The van der Waals surface area contributed by atoms with Crippen molar-refractivity contribution in [3.63, 3.8) is 0 Å². The first-order valence-electron chi connectivity index (χ1n) is 9.70. The Morgan fingerprint density at radius 3 is 2.47 bits per heavy atom. The molecule has 3 aromatic rings. The number of aryl methyl sites for hydroxylation is 1. The fraction of sp³-hybridized carbons (Fsp3) is 0.261. The van der Waals surface area contributed by atoms with E-state index < -0.39 is 5.91 Å². The number of nitrogens with two attached hydrogens (primary N) is 1. The van der Waals surface area contributed by atoms with Crippen molar-refractivity contribution in [2.75, 3.05) is 13.7 Å². The zero-order chi connectivity index (χ0) is 21.8. The molecule has 3 rings (SSSR count). The number of carbonyl (C=O) groups is 2. The Morgan fingerprint density at radius 2 is 1.87 bits per heavy atom. The lowest BCUT2D eigenvalue weighted by Gasteiger charge is -2.25. The standard InChI is InChI=1S/C23H26N4O3/c1-15(2)26(14-21(24)28)23(29)20-13-27(18-10-8-16(3)9-11-18)25-22(20)17-6-5-7-19(12-17)30-4/h5-13,15H,14H2,1-4H3,(H2,24,28). The van der Waals surface area contributed by atoms with Crippen LogP contribution in [0.2, 0.25) is 0 Å². The molecule has 2 aromatic carbocycles. The minimum Gasteiger partial charge on any atom is -0.497 e. The Balaban J connectivity index is 2.14. The summed E-state index contributed by atoms with van der Waals surface area (Å²) < 4.78 is 7.00. The summed E-state index contributed by atoms with van der Waals surface area (Å²) in [5.74, 6) is -0.209. The van der Waals surface area contributed by atoms with Crippen LogP contribution in [-0.2, 0) is 4.79 Å². The first kappa shape index (κ1) is 21.1. The molecule has 30 heavy (non-hydrogen) atoms. The lowest BCUT2D eigenvalue weighted by atomic mass is 10.1. The number of ether oxygens (including phenoxy) is 1. The number of amides is 2. The minimum atomic E-state index is -0.564. The molecule has 0 aliphatic carbocycles. The van der Waals surface area contributed by atoms with E-state index in [1.807, 2.05) is 69.3 Å². The van der Waals surface area contributed by atoms with Gasteiger partial charge in [0.05, 0.1) is 24.9 Å². The van der Waals surface area contributed by atoms with E-state index in [4.69, 9.17) is 15.6 Å². The van der Waals surface area contributed by atoms with Crippen molar-refractivity contribution in [1.29, 1.82) is 0 Å². The highest BCUT2D eigenvalue weighted by Crippen LogP contribution is 2.28. The van der Waals surface area contributed by atoms with Gasteiger partial charge in [-0.3, -0.25) is 9.59 Å². The molecule has 1 aromatic heterocycles. The Hall–Kier alpha value is -3.61. The Labute approximate surface area is 176 Å². The SMILES string of the molecule is COc1cccc(-c2nn(-c3ccc(C)cc3)cc2C(=O)N(CC(N)=O)C(C)C)c1. The molecule has 0 fully saturated rings. The lowest BCUT2D eigenvalue weighted by molar-refractivity contribution is -0.119. The normalized spacial score (nSPS) is 10.8. The van der Waals surface area contributed by atoms with Gasteiger partial charge in [0, 0.05) is 17.8 Å². The summed E-state index contributed by atoms with van der Waals surface area (Å²) in [5, 5.41) is 4.70. The van der Waals surface area contributed by atoms with Crippen molar-refractivity contribution >= 4 is 11.8 Å². The maximum Gasteiger partial charge on any atom is 0.258 e. The van der Waals surface area contributed by atoms with Crippen molar-refractivity contribution in [1.82, 2.24) is 14.7 Å². The van der Waals surface area contributed by atoms with Crippen molar-refractivity contribution in [2.45, 2.75) is 26.8 Å². The van der Waals surface area contributed by atoms with Gasteiger partial charge in [0.1, 0.15) is 11.4 Å².